The molecule has 3 heterocycles. The van der Waals surface area contributed by atoms with E-state index in [0.29, 0.717) is 0 Å². The van der Waals surface area contributed by atoms with E-state index in [1.165, 1.54) is 0 Å². The summed E-state index contributed by atoms with van der Waals surface area (Å²) >= 11 is 0. The number of ether oxygens (including phenoxy) is 6. The third kappa shape index (κ3) is 6.30. The Morgan fingerprint density at radius 3 is 2.00 bits per heavy atom. The molecule has 15 atom stereocenters. The van der Waals surface area contributed by atoms with E-state index in [4.69, 9.17) is 51.2 Å². The lowest BCUT2D eigenvalue weighted by atomic mass is 9.92. The average molecular weight is 571 g/mol. The van der Waals surface area contributed by atoms with E-state index in [0.717, 1.165) is 0 Å². The van der Waals surface area contributed by atoms with Gasteiger partial charge >= 0.3 is 0 Å². The van der Waals surface area contributed by atoms with Gasteiger partial charge in [0.25, 0.3) is 0 Å². The fourth-order valence-corrected chi connectivity index (χ4v) is 4.77. The molecule has 0 spiro atoms. The number of nitrogens with two attached hydrogens (primary N) is 3. The molecule has 3 saturated heterocycles. The lowest BCUT2D eigenvalue weighted by Gasteiger charge is -2.50. The third-order valence-corrected chi connectivity index (χ3v) is 6.99. The quantitative estimate of drug-likeness (QED) is 0.0663. The minimum atomic E-state index is -2.37. The average Bonchev–Trinajstić information content (AvgIpc) is 2.93. The van der Waals surface area contributed by atoms with Gasteiger partial charge in [0.05, 0.1) is 37.9 Å². The number of rotatable bonds is 10. The van der Waals surface area contributed by atoms with E-state index in [-0.39, 0.29) is 6.61 Å². The molecule has 3 aliphatic heterocycles. The van der Waals surface area contributed by atoms with Crippen molar-refractivity contribution >= 4 is 0 Å². The Bertz CT molecular complexity index is 842. The first-order valence-electron chi connectivity index (χ1n) is 12.3. The molecule has 0 aromatic rings. The Balaban J connectivity index is 1.80. The van der Waals surface area contributed by atoms with Crippen LogP contribution in [0.5, 0.6) is 0 Å². The van der Waals surface area contributed by atoms with Gasteiger partial charge in [-0.3, -0.25) is 0 Å². The zero-order chi connectivity index (χ0) is 29.1. The standard InChI is InChI=1S/C20H38N6O13/c1-2-34-15-10(23)17(33)35-7(4-28)14(15)38-18-8(21)11(30)13(6(3-27)36-18)37-19-9(22)12(31)16(32)20(5-29,39-19)25-26-24/h6-19,27-33H,2-5,21-23H2,1H3/t6-,7-,8-,9-,10-,11-,12-,13?,14?,15-,16+,17-,18+,19+,20-/m1/s1. The molecule has 226 valence electrons. The molecule has 39 heavy (non-hydrogen) atoms. The summed E-state index contributed by atoms with van der Waals surface area (Å²) in [4.78, 5) is 2.52. The molecule has 0 radical (unpaired) electrons. The largest absolute Gasteiger partial charge is 0.394 e. The van der Waals surface area contributed by atoms with Crippen LogP contribution in [0.1, 0.15) is 6.92 Å². The Hall–Kier alpha value is -1.33. The summed E-state index contributed by atoms with van der Waals surface area (Å²) < 4.78 is 33.7. The summed E-state index contributed by atoms with van der Waals surface area (Å²) in [6.45, 7) is -0.553. The smallest absolute Gasteiger partial charge is 0.201 e. The Morgan fingerprint density at radius 2 is 1.44 bits per heavy atom. The molecule has 19 nitrogen and oxygen atoms in total. The van der Waals surface area contributed by atoms with Crippen molar-refractivity contribution in [1.82, 2.24) is 0 Å². The first kappa shape index (κ1) is 32.2. The summed E-state index contributed by atoms with van der Waals surface area (Å²) in [5.41, 5.74) is 24.6. The van der Waals surface area contributed by atoms with Gasteiger partial charge < -0.3 is 81.4 Å². The Morgan fingerprint density at radius 1 is 0.846 bits per heavy atom. The second-order valence-electron chi connectivity index (χ2n) is 9.43. The van der Waals surface area contributed by atoms with E-state index in [9.17, 15) is 35.7 Å². The van der Waals surface area contributed by atoms with Crippen LogP contribution >= 0.6 is 0 Å². The first-order chi connectivity index (χ1) is 18.5. The van der Waals surface area contributed by atoms with Gasteiger partial charge in [-0.05, 0) is 12.5 Å². The summed E-state index contributed by atoms with van der Waals surface area (Å²) in [6, 6.07) is -3.89. The second-order valence-corrected chi connectivity index (χ2v) is 9.43. The van der Waals surface area contributed by atoms with E-state index in [1.54, 1.807) is 6.92 Å². The number of hydrogen-bond acceptors (Lipinski definition) is 17. The van der Waals surface area contributed by atoms with Gasteiger partial charge in [0.15, 0.2) is 18.9 Å². The van der Waals surface area contributed by atoms with E-state index in [1.807, 2.05) is 0 Å². The highest BCUT2D eigenvalue weighted by Crippen LogP contribution is 2.35. The fourth-order valence-electron chi connectivity index (χ4n) is 4.77. The summed E-state index contributed by atoms with van der Waals surface area (Å²) in [5, 5.41) is 74.5. The SMILES string of the molecule is CCO[C@H]1C(O[C@@H]2O[C@H](CO)C(O[C@H]3O[C@@](CO)(N=[N+]=[N-])[C@@H](O)[C@H](O)[C@H]3N)[C@H](O)[C@H]2N)[C@@H](CO)O[C@@H](O)[C@@H]1N. The molecule has 0 bridgehead atoms. The van der Waals surface area contributed by atoms with Crippen molar-refractivity contribution in [3.05, 3.63) is 10.4 Å². The van der Waals surface area contributed by atoms with Crippen molar-refractivity contribution in [2.45, 2.75) is 98.5 Å². The molecule has 0 saturated carbocycles. The number of hydrogen-bond donors (Lipinski definition) is 10. The number of nitrogens with zero attached hydrogens (tertiary/aromatic N) is 3. The third-order valence-electron chi connectivity index (χ3n) is 6.99. The van der Waals surface area contributed by atoms with Gasteiger partial charge in [-0.2, -0.15) is 0 Å². The number of aliphatic hydroxyl groups is 7. The van der Waals surface area contributed by atoms with E-state index >= 15 is 0 Å². The van der Waals surface area contributed by atoms with Crippen molar-refractivity contribution < 1.29 is 64.2 Å². The van der Waals surface area contributed by atoms with Gasteiger partial charge in [0.1, 0.15) is 48.8 Å². The van der Waals surface area contributed by atoms with Crippen LogP contribution in [0.4, 0.5) is 0 Å². The molecule has 0 aromatic heterocycles. The predicted octanol–water partition coefficient (Wildman–Crippen LogP) is -5.99. The Labute approximate surface area is 222 Å². The molecule has 0 aromatic carbocycles. The van der Waals surface area contributed by atoms with Crippen LogP contribution in [0.3, 0.4) is 0 Å². The molecular formula is C20H38N6O13. The highest BCUT2D eigenvalue weighted by atomic mass is 16.7. The lowest BCUT2D eigenvalue weighted by Crippen LogP contribution is -2.71. The van der Waals surface area contributed by atoms with Crippen LogP contribution in [0.2, 0.25) is 0 Å². The van der Waals surface area contributed by atoms with Crippen LogP contribution in [-0.4, -0.2) is 154 Å². The normalized spacial score (nSPS) is 48.9. The van der Waals surface area contributed by atoms with Crippen molar-refractivity contribution in [2.24, 2.45) is 22.3 Å². The topological polar surface area (TPSA) is 324 Å². The predicted molar refractivity (Wildman–Crippen MR) is 125 cm³/mol. The molecule has 2 unspecified atom stereocenters. The van der Waals surface area contributed by atoms with Gasteiger partial charge in [0, 0.05) is 11.5 Å². The van der Waals surface area contributed by atoms with Gasteiger partial charge in [-0.1, -0.05) is 5.11 Å². The van der Waals surface area contributed by atoms with Crippen molar-refractivity contribution in [3.63, 3.8) is 0 Å². The molecule has 19 heteroatoms. The van der Waals surface area contributed by atoms with Gasteiger partial charge in [-0.15, -0.1) is 0 Å². The first-order valence-corrected chi connectivity index (χ1v) is 12.3. The minimum absolute atomic E-state index is 0.172. The maximum atomic E-state index is 11.0. The monoisotopic (exact) mass is 570 g/mol. The summed E-state index contributed by atoms with van der Waals surface area (Å²) in [7, 11) is 0. The zero-order valence-corrected chi connectivity index (χ0v) is 21.1. The van der Waals surface area contributed by atoms with E-state index < -0.39 is 111 Å². The zero-order valence-electron chi connectivity index (χ0n) is 21.1. The molecule has 3 aliphatic rings. The molecule has 0 amide bonds. The van der Waals surface area contributed by atoms with Crippen LogP contribution in [-0.2, 0) is 28.4 Å². The van der Waals surface area contributed by atoms with Gasteiger partial charge in [0.2, 0.25) is 5.72 Å². The number of azide groups is 1. The van der Waals surface area contributed by atoms with Crippen molar-refractivity contribution in [1.29, 1.82) is 0 Å². The van der Waals surface area contributed by atoms with Crippen LogP contribution in [0.15, 0.2) is 5.11 Å². The van der Waals surface area contributed by atoms with Crippen molar-refractivity contribution in [3.8, 4) is 0 Å². The van der Waals surface area contributed by atoms with Crippen LogP contribution in [0.25, 0.3) is 10.4 Å². The summed E-state index contributed by atoms with van der Waals surface area (Å²) in [6.07, 6.45) is -15.9. The van der Waals surface area contributed by atoms with Crippen molar-refractivity contribution in [2.75, 3.05) is 26.4 Å². The Kier molecular flexibility index (Phi) is 11.2. The lowest BCUT2D eigenvalue weighted by molar-refractivity contribution is -0.360. The highest BCUT2D eigenvalue weighted by Gasteiger charge is 2.56. The molecule has 3 rings (SSSR count). The highest BCUT2D eigenvalue weighted by molar-refractivity contribution is 5.02. The van der Waals surface area contributed by atoms with Crippen LogP contribution < -0.4 is 17.2 Å². The molecule has 3 fully saturated rings. The van der Waals surface area contributed by atoms with Crippen LogP contribution in [0, 0.1) is 0 Å². The second kappa shape index (κ2) is 13.6. The van der Waals surface area contributed by atoms with E-state index in [2.05, 4.69) is 10.0 Å². The maximum absolute atomic E-state index is 11.0. The maximum Gasteiger partial charge on any atom is 0.201 e. The number of aliphatic hydroxyl groups excluding tert-OH is 7. The molecule has 13 N–H and O–H groups in total. The fraction of sp³-hybridized carbons (Fsp3) is 1.00. The van der Waals surface area contributed by atoms with Gasteiger partial charge in [-0.25, -0.2) is 0 Å². The molecular weight excluding hydrogens is 532 g/mol. The summed E-state index contributed by atoms with van der Waals surface area (Å²) in [5.74, 6) is 0. The molecule has 0 aliphatic carbocycles. The minimum Gasteiger partial charge on any atom is -0.394 e.